The first-order chi connectivity index (χ1) is 14.2. The summed E-state index contributed by atoms with van der Waals surface area (Å²) in [7, 11) is 0. The Kier molecular flexibility index (Phi) is 5.81. The van der Waals surface area contributed by atoms with Crippen molar-refractivity contribution in [2.24, 2.45) is 0 Å². The first-order valence-electron chi connectivity index (χ1n) is 9.58. The summed E-state index contributed by atoms with van der Waals surface area (Å²) in [4.78, 5) is 19.2. The van der Waals surface area contributed by atoms with Gasteiger partial charge in [-0.15, -0.1) is 0 Å². The number of ether oxygens (including phenoxy) is 1. The molecule has 0 saturated carbocycles. The van der Waals surface area contributed by atoms with Gasteiger partial charge in [0, 0.05) is 49.1 Å². The van der Waals surface area contributed by atoms with Crippen LogP contribution in [0.25, 0.3) is 0 Å². The van der Waals surface area contributed by atoms with Crippen molar-refractivity contribution < 1.29 is 13.9 Å². The molecule has 2 heterocycles. The number of hydrogen-bond donors (Lipinski definition) is 1. The van der Waals surface area contributed by atoms with Gasteiger partial charge in [-0.25, -0.2) is 4.39 Å². The van der Waals surface area contributed by atoms with E-state index in [1.165, 1.54) is 6.07 Å². The van der Waals surface area contributed by atoms with Gasteiger partial charge in [-0.1, -0.05) is 24.3 Å². The number of hydrogen-bond acceptors (Lipinski definition) is 4. The molecule has 4 rings (SSSR count). The van der Waals surface area contributed by atoms with Crippen LogP contribution in [0.3, 0.4) is 0 Å². The first-order valence-corrected chi connectivity index (χ1v) is 9.58. The predicted molar refractivity (Wildman–Crippen MR) is 108 cm³/mol. The zero-order valence-corrected chi connectivity index (χ0v) is 16.0. The van der Waals surface area contributed by atoms with E-state index in [1.54, 1.807) is 30.5 Å². The van der Waals surface area contributed by atoms with E-state index in [9.17, 15) is 9.18 Å². The SMILES string of the molecule is O=C(NCc1ccccc1F)c1ccc2c(c1)CN(Cc1ccccn1)CCO2. The molecule has 3 aromatic rings. The van der Waals surface area contributed by atoms with Gasteiger partial charge in [-0.3, -0.25) is 14.7 Å². The molecule has 0 spiro atoms. The van der Waals surface area contributed by atoms with Crippen molar-refractivity contribution in [3.05, 3.63) is 95.1 Å². The van der Waals surface area contributed by atoms with Gasteiger partial charge in [-0.05, 0) is 36.4 Å². The highest BCUT2D eigenvalue weighted by molar-refractivity contribution is 5.94. The quantitative estimate of drug-likeness (QED) is 0.723. The van der Waals surface area contributed by atoms with E-state index in [-0.39, 0.29) is 18.3 Å². The minimum atomic E-state index is -0.326. The van der Waals surface area contributed by atoms with Crippen LogP contribution < -0.4 is 10.1 Å². The molecular weight excluding hydrogens is 369 g/mol. The molecule has 0 aliphatic carbocycles. The monoisotopic (exact) mass is 391 g/mol. The second kappa shape index (κ2) is 8.84. The van der Waals surface area contributed by atoms with E-state index >= 15 is 0 Å². The Morgan fingerprint density at radius 1 is 1.14 bits per heavy atom. The van der Waals surface area contributed by atoms with E-state index < -0.39 is 0 Å². The summed E-state index contributed by atoms with van der Waals surface area (Å²) in [5.74, 6) is 0.226. The van der Waals surface area contributed by atoms with Crippen LogP contribution in [0.5, 0.6) is 5.75 Å². The highest BCUT2D eigenvalue weighted by atomic mass is 19.1. The summed E-state index contributed by atoms with van der Waals surface area (Å²) in [6.45, 7) is 2.89. The lowest BCUT2D eigenvalue weighted by molar-refractivity contribution is 0.0950. The van der Waals surface area contributed by atoms with Gasteiger partial charge in [0.15, 0.2) is 0 Å². The number of carbonyl (C=O) groups excluding carboxylic acids is 1. The second-order valence-corrected chi connectivity index (χ2v) is 6.98. The first kappa shape index (κ1) is 19.1. The van der Waals surface area contributed by atoms with E-state index in [2.05, 4.69) is 15.2 Å². The fourth-order valence-corrected chi connectivity index (χ4v) is 3.36. The number of carbonyl (C=O) groups is 1. The van der Waals surface area contributed by atoms with Crippen LogP contribution in [0, 0.1) is 5.82 Å². The van der Waals surface area contributed by atoms with Crippen molar-refractivity contribution in [2.75, 3.05) is 13.2 Å². The maximum absolute atomic E-state index is 13.8. The van der Waals surface area contributed by atoms with Crippen LogP contribution in [0.2, 0.25) is 0 Å². The Balaban J connectivity index is 1.45. The fourth-order valence-electron chi connectivity index (χ4n) is 3.36. The number of rotatable bonds is 5. The molecule has 6 heteroatoms. The summed E-state index contributed by atoms with van der Waals surface area (Å²) >= 11 is 0. The molecule has 0 bridgehead atoms. The number of nitrogens with one attached hydrogen (secondary N) is 1. The van der Waals surface area contributed by atoms with Crippen molar-refractivity contribution in [3.8, 4) is 5.75 Å². The third-order valence-electron chi connectivity index (χ3n) is 4.89. The lowest BCUT2D eigenvalue weighted by Crippen LogP contribution is -2.26. The number of benzene rings is 2. The van der Waals surface area contributed by atoms with Crippen LogP contribution in [0.15, 0.2) is 66.9 Å². The Morgan fingerprint density at radius 3 is 2.83 bits per heavy atom. The minimum absolute atomic E-state index is 0.144. The zero-order chi connectivity index (χ0) is 20.1. The van der Waals surface area contributed by atoms with Crippen molar-refractivity contribution in [1.82, 2.24) is 15.2 Å². The third kappa shape index (κ3) is 4.78. The lowest BCUT2D eigenvalue weighted by Gasteiger charge is -2.18. The standard InChI is InChI=1S/C23H22FN3O2/c24-21-7-2-1-5-18(21)14-26-23(28)17-8-9-22-19(13-17)15-27(11-12-29-22)16-20-6-3-4-10-25-20/h1-10,13H,11-12,14-16H2,(H,26,28). The van der Waals surface area contributed by atoms with Crippen molar-refractivity contribution in [3.63, 3.8) is 0 Å². The summed E-state index contributed by atoms with van der Waals surface area (Å²) < 4.78 is 19.6. The molecule has 1 N–H and O–H groups in total. The highest BCUT2D eigenvalue weighted by Crippen LogP contribution is 2.25. The van der Waals surface area contributed by atoms with E-state index in [0.717, 1.165) is 23.6 Å². The Labute approximate surface area is 169 Å². The predicted octanol–water partition coefficient (Wildman–Crippen LogP) is 3.55. The zero-order valence-electron chi connectivity index (χ0n) is 16.0. The van der Waals surface area contributed by atoms with Crippen molar-refractivity contribution >= 4 is 5.91 Å². The number of aromatic nitrogens is 1. The molecule has 2 aromatic carbocycles. The van der Waals surface area contributed by atoms with Crippen LogP contribution in [0.4, 0.5) is 4.39 Å². The number of amides is 1. The van der Waals surface area contributed by atoms with Gasteiger partial charge in [0.25, 0.3) is 5.91 Å². The van der Waals surface area contributed by atoms with Crippen molar-refractivity contribution in [2.45, 2.75) is 19.6 Å². The molecule has 0 unspecified atom stereocenters. The maximum Gasteiger partial charge on any atom is 0.251 e. The minimum Gasteiger partial charge on any atom is -0.492 e. The molecule has 1 aliphatic rings. The molecular formula is C23H22FN3O2. The average Bonchev–Trinajstić information content (AvgIpc) is 2.94. The Hall–Kier alpha value is -3.25. The molecule has 29 heavy (non-hydrogen) atoms. The smallest absolute Gasteiger partial charge is 0.251 e. The Bertz CT molecular complexity index is 994. The normalized spacial score (nSPS) is 13.8. The van der Waals surface area contributed by atoms with Gasteiger partial charge in [0.1, 0.15) is 18.2 Å². The fraction of sp³-hybridized carbons (Fsp3) is 0.217. The molecule has 0 atom stereocenters. The largest absolute Gasteiger partial charge is 0.492 e. The number of nitrogens with zero attached hydrogens (tertiary/aromatic N) is 2. The summed E-state index contributed by atoms with van der Waals surface area (Å²) in [6.07, 6.45) is 1.79. The van der Waals surface area contributed by atoms with E-state index in [1.807, 2.05) is 30.3 Å². The van der Waals surface area contributed by atoms with Crippen LogP contribution >= 0.6 is 0 Å². The summed E-state index contributed by atoms with van der Waals surface area (Å²) in [6, 6.07) is 17.7. The maximum atomic E-state index is 13.8. The van der Waals surface area contributed by atoms with E-state index in [4.69, 9.17) is 4.74 Å². The van der Waals surface area contributed by atoms with E-state index in [0.29, 0.717) is 30.8 Å². The molecule has 0 radical (unpaired) electrons. The molecule has 0 fully saturated rings. The average molecular weight is 391 g/mol. The second-order valence-electron chi connectivity index (χ2n) is 6.98. The topological polar surface area (TPSA) is 54.5 Å². The molecule has 0 saturated heterocycles. The molecule has 5 nitrogen and oxygen atoms in total. The number of halogens is 1. The number of pyridine rings is 1. The van der Waals surface area contributed by atoms with Crippen LogP contribution in [0.1, 0.15) is 27.2 Å². The number of fused-ring (bicyclic) bond motifs is 1. The van der Waals surface area contributed by atoms with Crippen LogP contribution in [-0.4, -0.2) is 28.9 Å². The molecule has 148 valence electrons. The summed E-state index contributed by atoms with van der Waals surface area (Å²) in [5, 5.41) is 2.79. The molecule has 1 amide bonds. The van der Waals surface area contributed by atoms with Crippen molar-refractivity contribution in [1.29, 1.82) is 0 Å². The van der Waals surface area contributed by atoms with Gasteiger partial charge >= 0.3 is 0 Å². The third-order valence-corrected chi connectivity index (χ3v) is 4.89. The highest BCUT2D eigenvalue weighted by Gasteiger charge is 2.18. The molecule has 1 aromatic heterocycles. The summed E-state index contributed by atoms with van der Waals surface area (Å²) in [5.41, 5.74) is 2.94. The van der Waals surface area contributed by atoms with Gasteiger partial charge in [0.05, 0.1) is 5.69 Å². The van der Waals surface area contributed by atoms with Gasteiger partial charge < -0.3 is 10.1 Å². The van der Waals surface area contributed by atoms with Crippen LogP contribution in [-0.2, 0) is 19.6 Å². The lowest BCUT2D eigenvalue weighted by atomic mass is 10.1. The Morgan fingerprint density at radius 2 is 2.00 bits per heavy atom. The van der Waals surface area contributed by atoms with Gasteiger partial charge in [0.2, 0.25) is 0 Å². The molecule has 1 aliphatic heterocycles. The van der Waals surface area contributed by atoms with Gasteiger partial charge in [-0.2, -0.15) is 0 Å².